The fourth-order valence-corrected chi connectivity index (χ4v) is 1.33. The minimum Gasteiger partial charge on any atom is -0.477 e. The summed E-state index contributed by atoms with van der Waals surface area (Å²) >= 11 is 0. The molecule has 76 valence electrons. The van der Waals surface area contributed by atoms with Gasteiger partial charge in [-0.2, -0.15) is 0 Å². The Balaban J connectivity index is 2.46. The largest absolute Gasteiger partial charge is 0.477 e. The number of aromatic carboxylic acids is 1. The number of hydrogen-bond donors (Lipinski definition) is 2. The number of H-pyrrole nitrogens is 1. The average Bonchev–Trinajstić information content (AvgIpc) is 2.67. The number of carboxylic acid groups (broad SMARTS) is 1. The van der Waals surface area contributed by atoms with Gasteiger partial charge in [-0.1, -0.05) is 0 Å². The molecule has 0 radical (unpaired) electrons. The average molecular weight is 203 g/mol. The second-order valence-corrected chi connectivity index (χ2v) is 3.11. The van der Waals surface area contributed by atoms with Gasteiger partial charge in [-0.25, -0.2) is 14.8 Å². The van der Waals surface area contributed by atoms with Crippen LogP contribution in [0.1, 0.15) is 16.2 Å². The van der Waals surface area contributed by atoms with Crippen LogP contribution in [0.5, 0.6) is 0 Å². The van der Waals surface area contributed by atoms with Gasteiger partial charge in [0.15, 0.2) is 0 Å². The van der Waals surface area contributed by atoms with Crippen LogP contribution >= 0.6 is 0 Å². The highest BCUT2D eigenvalue weighted by molar-refractivity contribution is 5.86. The number of aromatic nitrogens is 3. The number of nitrogens with one attached hydrogen (secondary N) is 1. The fraction of sp³-hybridized carbons (Fsp3) is 0.100. The van der Waals surface area contributed by atoms with Crippen LogP contribution in [0, 0.1) is 6.92 Å². The van der Waals surface area contributed by atoms with Crippen LogP contribution in [0.25, 0.3) is 11.3 Å². The zero-order chi connectivity index (χ0) is 10.8. The van der Waals surface area contributed by atoms with E-state index in [0.29, 0.717) is 5.69 Å². The highest BCUT2D eigenvalue weighted by Gasteiger charge is 2.09. The molecule has 0 aliphatic carbocycles. The van der Waals surface area contributed by atoms with Crippen LogP contribution in [-0.4, -0.2) is 26.0 Å². The second kappa shape index (κ2) is 3.53. The first-order chi connectivity index (χ1) is 7.18. The molecule has 0 atom stereocenters. The summed E-state index contributed by atoms with van der Waals surface area (Å²) in [5, 5.41) is 8.75. The van der Waals surface area contributed by atoms with Crippen LogP contribution in [0.15, 0.2) is 24.7 Å². The Morgan fingerprint density at radius 2 is 2.27 bits per heavy atom. The third kappa shape index (κ3) is 1.71. The van der Waals surface area contributed by atoms with E-state index in [2.05, 4.69) is 15.0 Å². The number of rotatable bonds is 2. The van der Waals surface area contributed by atoms with Gasteiger partial charge < -0.3 is 10.1 Å². The van der Waals surface area contributed by atoms with Crippen LogP contribution in [0.2, 0.25) is 0 Å². The zero-order valence-electron chi connectivity index (χ0n) is 8.06. The Bertz CT molecular complexity index is 505. The summed E-state index contributed by atoms with van der Waals surface area (Å²) in [5.41, 5.74) is 2.49. The summed E-state index contributed by atoms with van der Waals surface area (Å²) in [6.07, 6.45) is 3.11. The molecule has 0 spiro atoms. The van der Waals surface area contributed by atoms with E-state index in [4.69, 9.17) is 5.11 Å². The highest BCUT2D eigenvalue weighted by Crippen LogP contribution is 2.19. The Hall–Kier alpha value is -2.17. The highest BCUT2D eigenvalue weighted by atomic mass is 16.4. The van der Waals surface area contributed by atoms with Gasteiger partial charge in [-0.05, 0) is 19.1 Å². The van der Waals surface area contributed by atoms with E-state index in [1.807, 2.05) is 6.92 Å². The zero-order valence-corrected chi connectivity index (χ0v) is 8.06. The molecular formula is C10H9N3O2. The van der Waals surface area contributed by atoms with E-state index in [0.717, 1.165) is 11.3 Å². The maximum atomic E-state index is 10.7. The molecular weight excluding hydrogens is 194 g/mol. The van der Waals surface area contributed by atoms with Gasteiger partial charge in [-0.3, -0.25) is 0 Å². The Morgan fingerprint density at radius 3 is 2.87 bits per heavy atom. The molecule has 5 nitrogen and oxygen atoms in total. The molecule has 5 heteroatoms. The molecule has 15 heavy (non-hydrogen) atoms. The molecule has 0 saturated carbocycles. The third-order valence-electron chi connectivity index (χ3n) is 2.12. The van der Waals surface area contributed by atoms with E-state index in [1.54, 1.807) is 12.3 Å². The van der Waals surface area contributed by atoms with Gasteiger partial charge in [0, 0.05) is 23.1 Å². The van der Waals surface area contributed by atoms with Gasteiger partial charge in [-0.15, -0.1) is 0 Å². The minimum atomic E-state index is -0.976. The normalized spacial score (nSPS) is 10.2. The van der Waals surface area contributed by atoms with Crippen molar-refractivity contribution >= 4 is 5.97 Å². The van der Waals surface area contributed by atoms with Crippen LogP contribution in [-0.2, 0) is 0 Å². The summed E-state index contributed by atoms with van der Waals surface area (Å²) in [7, 11) is 0. The lowest BCUT2D eigenvalue weighted by Gasteiger charge is -2.00. The smallest absolute Gasteiger partial charge is 0.352 e. The van der Waals surface area contributed by atoms with Crippen molar-refractivity contribution in [2.24, 2.45) is 0 Å². The quantitative estimate of drug-likeness (QED) is 0.774. The molecule has 2 aromatic rings. The minimum absolute atomic E-state index is 0.160. The first-order valence-corrected chi connectivity index (χ1v) is 4.38. The molecule has 2 rings (SSSR count). The number of nitrogens with zero attached hydrogens (tertiary/aromatic N) is 2. The number of carbonyl (C=O) groups is 1. The summed E-state index contributed by atoms with van der Waals surface area (Å²) in [5.74, 6) is -0.976. The van der Waals surface area contributed by atoms with E-state index < -0.39 is 5.97 Å². The number of aryl methyl sites for hydroxylation is 1. The molecule has 0 saturated heterocycles. The van der Waals surface area contributed by atoms with E-state index in [9.17, 15) is 4.79 Å². The van der Waals surface area contributed by atoms with Crippen molar-refractivity contribution in [3.63, 3.8) is 0 Å². The Labute approximate surface area is 85.8 Å². The van der Waals surface area contributed by atoms with Crippen LogP contribution in [0.4, 0.5) is 0 Å². The molecule has 0 bridgehead atoms. The first-order valence-electron chi connectivity index (χ1n) is 4.38. The summed E-state index contributed by atoms with van der Waals surface area (Å²) in [6, 6.07) is 3.22. The van der Waals surface area contributed by atoms with E-state index in [-0.39, 0.29) is 5.69 Å². The molecule has 2 aromatic heterocycles. The molecule has 0 aliphatic rings. The summed E-state index contributed by atoms with van der Waals surface area (Å²) in [6.45, 7) is 1.85. The Kier molecular flexibility index (Phi) is 2.21. The van der Waals surface area contributed by atoms with Crippen LogP contribution in [0.3, 0.4) is 0 Å². The maximum Gasteiger partial charge on any atom is 0.352 e. The Morgan fingerprint density at radius 1 is 1.47 bits per heavy atom. The SMILES string of the molecule is Cc1ncncc1-c1ccc(C(=O)O)[nH]1. The van der Waals surface area contributed by atoms with Crippen LogP contribution < -0.4 is 0 Å². The number of carboxylic acids is 1. The predicted octanol–water partition coefficient (Wildman–Crippen LogP) is 1.48. The summed E-state index contributed by atoms with van der Waals surface area (Å²) < 4.78 is 0. The maximum absolute atomic E-state index is 10.7. The molecule has 0 fully saturated rings. The molecule has 0 aliphatic heterocycles. The molecule has 0 unspecified atom stereocenters. The van der Waals surface area contributed by atoms with Gasteiger partial charge in [0.05, 0.1) is 0 Å². The van der Waals surface area contributed by atoms with Gasteiger partial charge >= 0.3 is 5.97 Å². The molecule has 0 aromatic carbocycles. The molecule has 2 N–H and O–H groups in total. The lowest BCUT2D eigenvalue weighted by Crippen LogP contribution is -1.96. The van der Waals surface area contributed by atoms with Crippen molar-refractivity contribution in [2.45, 2.75) is 6.92 Å². The lowest BCUT2D eigenvalue weighted by molar-refractivity contribution is 0.0691. The first kappa shape index (κ1) is 9.39. The van der Waals surface area contributed by atoms with Crippen molar-refractivity contribution in [1.29, 1.82) is 0 Å². The van der Waals surface area contributed by atoms with Gasteiger partial charge in [0.2, 0.25) is 0 Å². The lowest BCUT2D eigenvalue weighted by atomic mass is 10.2. The van der Waals surface area contributed by atoms with E-state index in [1.165, 1.54) is 12.4 Å². The van der Waals surface area contributed by atoms with Crippen molar-refractivity contribution < 1.29 is 9.90 Å². The van der Waals surface area contributed by atoms with E-state index >= 15 is 0 Å². The molecule has 0 amide bonds. The van der Waals surface area contributed by atoms with Crippen molar-refractivity contribution in [3.05, 3.63) is 36.0 Å². The summed E-state index contributed by atoms with van der Waals surface area (Å²) in [4.78, 5) is 21.4. The van der Waals surface area contributed by atoms with Crippen molar-refractivity contribution in [3.8, 4) is 11.3 Å². The second-order valence-electron chi connectivity index (χ2n) is 3.11. The fourth-order valence-electron chi connectivity index (χ4n) is 1.33. The van der Waals surface area contributed by atoms with Gasteiger partial charge in [0.1, 0.15) is 12.0 Å². The van der Waals surface area contributed by atoms with Crippen molar-refractivity contribution in [2.75, 3.05) is 0 Å². The van der Waals surface area contributed by atoms with Crippen molar-refractivity contribution in [1.82, 2.24) is 15.0 Å². The third-order valence-corrected chi connectivity index (χ3v) is 2.12. The topological polar surface area (TPSA) is 78.9 Å². The number of hydrogen-bond acceptors (Lipinski definition) is 3. The predicted molar refractivity (Wildman–Crippen MR) is 53.5 cm³/mol. The molecule has 2 heterocycles. The van der Waals surface area contributed by atoms with Gasteiger partial charge in [0.25, 0.3) is 0 Å². The monoisotopic (exact) mass is 203 g/mol. The standard InChI is InChI=1S/C10H9N3O2/c1-6-7(4-11-5-12-6)8-2-3-9(13-8)10(14)15/h2-5,13H,1H3,(H,14,15). The number of aromatic amines is 1.